The average molecular weight is 249 g/mol. The van der Waals surface area contributed by atoms with Gasteiger partial charge in [0.2, 0.25) is 5.91 Å². The van der Waals surface area contributed by atoms with Crippen LogP contribution < -0.4 is 5.73 Å². The maximum atomic E-state index is 10.9. The molecule has 2 rings (SSSR count). The summed E-state index contributed by atoms with van der Waals surface area (Å²) in [5, 5.41) is 1.74. The number of hydrogen-bond donors (Lipinski definition) is 1. The maximum absolute atomic E-state index is 10.9. The molecule has 17 heavy (non-hydrogen) atoms. The highest BCUT2D eigenvalue weighted by atomic mass is 35.5. The molecule has 0 fully saturated rings. The highest BCUT2D eigenvalue weighted by Crippen LogP contribution is 2.26. The Morgan fingerprint density at radius 1 is 1.41 bits per heavy atom. The summed E-state index contributed by atoms with van der Waals surface area (Å²) in [5.41, 5.74) is 8.72. The van der Waals surface area contributed by atoms with Crippen LogP contribution in [0.1, 0.15) is 16.8 Å². The number of carbonyl (C=O) groups is 1. The van der Waals surface area contributed by atoms with Gasteiger partial charge < -0.3 is 5.73 Å². The Kier molecular flexibility index (Phi) is 3.03. The third-order valence-electron chi connectivity index (χ3n) is 2.78. The van der Waals surface area contributed by atoms with Crippen molar-refractivity contribution < 1.29 is 4.79 Å². The van der Waals surface area contributed by atoms with E-state index in [0.717, 1.165) is 22.0 Å². The molecule has 1 aromatic heterocycles. The number of benzene rings is 1. The largest absolute Gasteiger partial charge is 0.369 e. The first kappa shape index (κ1) is 11.9. The fourth-order valence-corrected chi connectivity index (χ4v) is 2.06. The molecular weight excluding hydrogens is 236 g/mol. The minimum absolute atomic E-state index is 0.155. The Bertz CT molecular complexity index is 608. The number of nitrogens with two attached hydrogens (primary N) is 1. The van der Waals surface area contributed by atoms with Crippen LogP contribution in [0.3, 0.4) is 0 Å². The van der Waals surface area contributed by atoms with Gasteiger partial charge in [-0.05, 0) is 37.1 Å². The number of primary amides is 1. The van der Waals surface area contributed by atoms with Crippen molar-refractivity contribution in [1.82, 2.24) is 4.98 Å². The zero-order valence-electron chi connectivity index (χ0n) is 9.75. The van der Waals surface area contributed by atoms with Gasteiger partial charge >= 0.3 is 0 Å². The van der Waals surface area contributed by atoms with Gasteiger partial charge in [-0.2, -0.15) is 0 Å². The second-order valence-corrected chi connectivity index (χ2v) is 4.55. The summed E-state index contributed by atoms with van der Waals surface area (Å²) >= 11 is 6.07. The first-order chi connectivity index (χ1) is 7.99. The number of hydrogen-bond acceptors (Lipinski definition) is 2. The monoisotopic (exact) mass is 248 g/mol. The van der Waals surface area contributed by atoms with Gasteiger partial charge in [-0.15, -0.1) is 0 Å². The number of carbonyl (C=O) groups excluding carboxylic acids is 1. The van der Waals surface area contributed by atoms with E-state index in [1.165, 1.54) is 0 Å². The molecular formula is C13H13ClN2O. The normalized spacial score (nSPS) is 10.8. The Morgan fingerprint density at radius 3 is 2.76 bits per heavy atom. The van der Waals surface area contributed by atoms with Crippen molar-refractivity contribution in [3.8, 4) is 0 Å². The minimum atomic E-state index is -0.379. The van der Waals surface area contributed by atoms with E-state index in [-0.39, 0.29) is 12.3 Å². The van der Waals surface area contributed by atoms with Crippen molar-refractivity contribution in [2.24, 2.45) is 5.73 Å². The lowest BCUT2D eigenvalue weighted by molar-refractivity contribution is -0.117. The molecule has 0 unspecified atom stereocenters. The Balaban J connectivity index is 2.70. The van der Waals surface area contributed by atoms with E-state index in [9.17, 15) is 4.79 Å². The quantitative estimate of drug-likeness (QED) is 0.888. The molecule has 1 heterocycles. The summed E-state index contributed by atoms with van der Waals surface area (Å²) in [6.45, 7) is 3.91. The van der Waals surface area contributed by atoms with Crippen molar-refractivity contribution in [2.45, 2.75) is 20.3 Å². The lowest BCUT2D eigenvalue weighted by Crippen LogP contribution is -2.14. The van der Waals surface area contributed by atoms with E-state index in [0.29, 0.717) is 10.7 Å². The van der Waals surface area contributed by atoms with Crippen LogP contribution in [0, 0.1) is 13.8 Å². The van der Waals surface area contributed by atoms with Crippen molar-refractivity contribution in [3.05, 3.63) is 40.0 Å². The molecule has 0 saturated carbocycles. The smallest absolute Gasteiger partial charge is 0.223 e. The highest BCUT2D eigenvalue weighted by molar-refractivity contribution is 6.32. The summed E-state index contributed by atoms with van der Waals surface area (Å²) < 4.78 is 0. The summed E-state index contributed by atoms with van der Waals surface area (Å²) in [6, 6.07) is 5.70. The van der Waals surface area contributed by atoms with Crippen LogP contribution in [0.15, 0.2) is 18.2 Å². The van der Waals surface area contributed by atoms with E-state index in [2.05, 4.69) is 4.98 Å². The third kappa shape index (κ3) is 2.24. The zero-order chi connectivity index (χ0) is 12.6. The van der Waals surface area contributed by atoms with Crippen LogP contribution in [-0.2, 0) is 11.2 Å². The van der Waals surface area contributed by atoms with Gasteiger partial charge in [-0.1, -0.05) is 17.7 Å². The van der Waals surface area contributed by atoms with E-state index < -0.39 is 0 Å². The molecule has 3 nitrogen and oxygen atoms in total. The number of aryl methyl sites for hydroxylation is 2. The van der Waals surface area contributed by atoms with Gasteiger partial charge in [-0.3, -0.25) is 9.78 Å². The van der Waals surface area contributed by atoms with Crippen LogP contribution >= 0.6 is 11.6 Å². The maximum Gasteiger partial charge on any atom is 0.223 e. The van der Waals surface area contributed by atoms with Crippen molar-refractivity contribution in [1.29, 1.82) is 0 Å². The molecule has 0 saturated heterocycles. The molecule has 0 aliphatic heterocycles. The molecule has 0 aliphatic carbocycles. The fourth-order valence-electron chi connectivity index (χ4n) is 1.91. The first-order valence-electron chi connectivity index (χ1n) is 5.32. The zero-order valence-corrected chi connectivity index (χ0v) is 10.5. The molecule has 0 bridgehead atoms. The van der Waals surface area contributed by atoms with Gasteiger partial charge in [0.05, 0.1) is 17.6 Å². The second-order valence-electron chi connectivity index (χ2n) is 4.14. The van der Waals surface area contributed by atoms with Crippen LogP contribution in [0.2, 0.25) is 5.02 Å². The van der Waals surface area contributed by atoms with Crippen LogP contribution in [-0.4, -0.2) is 10.9 Å². The standard InChI is InChI=1S/C13H13ClN2O/c1-7-5-9(6-12(15)17)16-13-8(2)11(14)4-3-10(7)13/h3-5H,6H2,1-2H3,(H2,15,17). The van der Waals surface area contributed by atoms with Gasteiger partial charge in [0.25, 0.3) is 0 Å². The highest BCUT2D eigenvalue weighted by Gasteiger charge is 2.09. The predicted octanol–water partition coefficient (Wildman–Crippen LogP) is 2.53. The van der Waals surface area contributed by atoms with Crippen LogP contribution in [0.4, 0.5) is 0 Å². The molecule has 2 N–H and O–H groups in total. The predicted molar refractivity (Wildman–Crippen MR) is 69.1 cm³/mol. The van der Waals surface area contributed by atoms with Crippen molar-refractivity contribution in [3.63, 3.8) is 0 Å². The molecule has 1 aromatic carbocycles. The van der Waals surface area contributed by atoms with E-state index in [1.54, 1.807) is 0 Å². The summed E-state index contributed by atoms with van der Waals surface area (Å²) in [5.74, 6) is -0.379. The van der Waals surface area contributed by atoms with Crippen LogP contribution in [0.25, 0.3) is 10.9 Å². The number of fused-ring (bicyclic) bond motifs is 1. The van der Waals surface area contributed by atoms with Gasteiger partial charge in [0.15, 0.2) is 0 Å². The third-order valence-corrected chi connectivity index (χ3v) is 3.19. The van der Waals surface area contributed by atoms with Crippen molar-refractivity contribution in [2.75, 3.05) is 0 Å². The molecule has 4 heteroatoms. The molecule has 1 amide bonds. The number of pyridine rings is 1. The fraction of sp³-hybridized carbons (Fsp3) is 0.231. The summed E-state index contributed by atoms with van der Waals surface area (Å²) in [6.07, 6.45) is 0.155. The average Bonchev–Trinajstić information content (AvgIpc) is 2.23. The van der Waals surface area contributed by atoms with E-state index in [4.69, 9.17) is 17.3 Å². The Hall–Kier alpha value is -1.61. The SMILES string of the molecule is Cc1cc(CC(N)=O)nc2c(C)c(Cl)ccc12. The summed E-state index contributed by atoms with van der Waals surface area (Å²) in [4.78, 5) is 15.4. The molecule has 88 valence electrons. The molecule has 2 aromatic rings. The van der Waals surface area contributed by atoms with Gasteiger partial charge in [-0.25, -0.2) is 0 Å². The molecule has 0 aliphatic rings. The number of rotatable bonds is 2. The number of amides is 1. The van der Waals surface area contributed by atoms with Gasteiger partial charge in [0, 0.05) is 10.4 Å². The minimum Gasteiger partial charge on any atom is -0.369 e. The topological polar surface area (TPSA) is 56.0 Å². The number of nitrogens with zero attached hydrogens (tertiary/aromatic N) is 1. The second kappa shape index (κ2) is 4.34. The van der Waals surface area contributed by atoms with Gasteiger partial charge in [0.1, 0.15) is 0 Å². The van der Waals surface area contributed by atoms with Crippen molar-refractivity contribution >= 4 is 28.4 Å². The lowest BCUT2D eigenvalue weighted by Gasteiger charge is -2.08. The molecule has 0 atom stereocenters. The Labute approximate surface area is 105 Å². The van der Waals surface area contributed by atoms with E-state index in [1.807, 2.05) is 32.0 Å². The summed E-state index contributed by atoms with van der Waals surface area (Å²) in [7, 11) is 0. The Morgan fingerprint density at radius 2 is 2.12 bits per heavy atom. The number of aromatic nitrogens is 1. The lowest BCUT2D eigenvalue weighted by atomic mass is 10.0. The molecule has 0 spiro atoms. The number of halogens is 1. The first-order valence-corrected chi connectivity index (χ1v) is 5.70. The van der Waals surface area contributed by atoms with E-state index >= 15 is 0 Å². The van der Waals surface area contributed by atoms with Crippen LogP contribution in [0.5, 0.6) is 0 Å². The molecule has 0 radical (unpaired) electrons.